The maximum absolute atomic E-state index is 4.50. The van der Waals surface area contributed by atoms with Crippen LogP contribution in [0.4, 0.5) is 5.13 Å². The zero-order chi connectivity index (χ0) is 12.4. The summed E-state index contributed by atoms with van der Waals surface area (Å²) in [6.45, 7) is 2.08. The Labute approximate surface area is 111 Å². The van der Waals surface area contributed by atoms with Gasteiger partial charge in [0.25, 0.3) is 0 Å². The molecule has 1 atom stereocenters. The van der Waals surface area contributed by atoms with Crippen molar-refractivity contribution in [3.8, 4) is 0 Å². The molecule has 0 amide bonds. The number of nitrogens with one attached hydrogen (secondary N) is 1. The van der Waals surface area contributed by atoms with Gasteiger partial charge < -0.3 is 5.32 Å². The third kappa shape index (κ3) is 2.53. The van der Waals surface area contributed by atoms with Crippen LogP contribution < -0.4 is 5.32 Å². The lowest BCUT2D eigenvalue weighted by Gasteiger charge is -2.17. The average molecular weight is 259 g/mol. The minimum atomic E-state index is 0.392. The van der Waals surface area contributed by atoms with Crippen molar-refractivity contribution in [1.29, 1.82) is 0 Å². The average Bonchev–Trinajstić information content (AvgIpc) is 3.16. The Morgan fingerprint density at radius 1 is 1.33 bits per heavy atom. The Balaban J connectivity index is 1.78. The van der Waals surface area contributed by atoms with Crippen molar-refractivity contribution in [2.24, 2.45) is 5.92 Å². The first-order valence-corrected chi connectivity index (χ1v) is 7.28. The van der Waals surface area contributed by atoms with Gasteiger partial charge in [-0.05, 0) is 24.3 Å². The third-order valence-electron chi connectivity index (χ3n) is 3.32. The number of hydrogen-bond donors (Lipinski definition) is 1. The van der Waals surface area contributed by atoms with Gasteiger partial charge in [-0.2, -0.15) is 4.37 Å². The first-order valence-electron chi connectivity index (χ1n) is 6.51. The van der Waals surface area contributed by atoms with Crippen molar-refractivity contribution in [2.45, 2.75) is 32.2 Å². The Kier molecular flexibility index (Phi) is 3.28. The molecule has 0 spiro atoms. The third-order valence-corrected chi connectivity index (χ3v) is 4.00. The number of benzene rings is 1. The summed E-state index contributed by atoms with van der Waals surface area (Å²) in [5.41, 5.74) is 1.35. The number of aromatic nitrogens is 2. The molecule has 4 heteroatoms. The highest BCUT2D eigenvalue weighted by molar-refractivity contribution is 7.09. The second kappa shape index (κ2) is 5.06. The first kappa shape index (κ1) is 11.7. The van der Waals surface area contributed by atoms with Crippen molar-refractivity contribution >= 4 is 16.7 Å². The molecule has 1 N–H and O–H groups in total. The highest BCUT2D eigenvalue weighted by atomic mass is 32.1. The van der Waals surface area contributed by atoms with E-state index in [0.717, 1.165) is 23.3 Å². The number of nitrogens with zero attached hydrogens (tertiary/aromatic N) is 2. The van der Waals surface area contributed by atoms with Crippen LogP contribution in [0.25, 0.3) is 0 Å². The van der Waals surface area contributed by atoms with Gasteiger partial charge in [0.05, 0.1) is 6.04 Å². The van der Waals surface area contributed by atoms with Gasteiger partial charge in [-0.25, -0.2) is 4.98 Å². The highest BCUT2D eigenvalue weighted by Crippen LogP contribution is 2.42. The minimum absolute atomic E-state index is 0.392. The van der Waals surface area contributed by atoms with E-state index in [1.807, 2.05) is 0 Å². The van der Waals surface area contributed by atoms with Crippen LogP contribution in [0, 0.1) is 5.92 Å². The van der Waals surface area contributed by atoms with E-state index in [-0.39, 0.29) is 0 Å². The van der Waals surface area contributed by atoms with E-state index in [1.165, 1.54) is 29.9 Å². The summed E-state index contributed by atoms with van der Waals surface area (Å²) in [6, 6.07) is 11.0. The maximum Gasteiger partial charge on any atom is 0.203 e. The number of anilines is 1. The molecule has 2 aromatic rings. The van der Waals surface area contributed by atoms with E-state index in [0.29, 0.717) is 6.04 Å². The summed E-state index contributed by atoms with van der Waals surface area (Å²) in [6.07, 6.45) is 3.52. The van der Waals surface area contributed by atoms with Gasteiger partial charge in [-0.1, -0.05) is 37.3 Å². The second-order valence-electron chi connectivity index (χ2n) is 4.74. The largest absolute Gasteiger partial charge is 0.353 e. The predicted molar refractivity (Wildman–Crippen MR) is 74.8 cm³/mol. The summed E-state index contributed by atoms with van der Waals surface area (Å²) in [5.74, 6) is 1.69. The fourth-order valence-corrected chi connectivity index (χ4v) is 2.84. The Morgan fingerprint density at radius 2 is 2.11 bits per heavy atom. The topological polar surface area (TPSA) is 37.8 Å². The van der Waals surface area contributed by atoms with E-state index in [1.54, 1.807) is 0 Å². The van der Waals surface area contributed by atoms with E-state index in [4.69, 9.17) is 0 Å². The fraction of sp³-hybridized carbons (Fsp3) is 0.429. The molecule has 0 aliphatic heterocycles. The van der Waals surface area contributed by atoms with E-state index < -0.39 is 0 Å². The van der Waals surface area contributed by atoms with Crippen molar-refractivity contribution in [3.05, 3.63) is 41.7 Å². The first-order chi connectivity index (χ1) is 8.86. The Hall–Kier alpha value is -1.42. The van der Waals surface area contributed by atoms with Crippen LogP contribution >= 0.6 is 11.5 Å². The molecule has 18 heavy (non-hydrogen) atoms. The normalized spacial score (nSPS) is 16.5. The molecule has 1 fully saturated rings. The quantitative estimate of drug-likeness (QED) is 0.890. The minimum Gasteiger partial charge on any atom is -0.353 e. The Morgan fingerprint density at radius 3 is 2.72 bits per heavy atom. The van der Waals surface area contributed by atoms with Gasteiger partial charge in [0.1, 0.15) is 5.82 Å². The van der Waals surface area contributed by atoms with Gasteiger partial charge in [0, 0.05) is 18.0 Å². The molecule has 3 nitrogen and oxygen atoms in total. The molecule has 1 aliphatic rings. The zero-order valence-corrected chi connectivity index (χ0v) is 11.3. The molecule has 1 unspecified atom stereocenters. The molecule has 94 valence electrons. The van der Waals surface area contributed by atoms with Crippen molar-refractivity contribution in [2.75, 3.05) is 5.32 Å². The lowest BCUT2D eigenvalue weighted by atomic mass is 10.0. The van der Waals surface area contributed by atoms with Gasteiger partial charge in [-0.15, -0.1) is 0 Å². The smallest absolute Gasteiger partial charge is 0.203 e. The molecular formula is C14H17N3S. The SMILES string of the molecule is CCc1nsc(NC(c2ccccc2)C2CC2)n1. The standard InChI is InChI=1S/C14H17N3S/c1-2-12-15-14(18-17-12)16-13(11-8-9-11)10-6-4-3-5-7-10/h3-7,11,13H,2,8-9H2,1H3,(H,15,16,17). The van der Waals surface area contributed by atoms with Crippen LogP contribution in [0.5, 0.6) is 0 Å². The second-order valence-corrected chi connectivity index (χ2v) is 5.49. The van der Waals surface area contributed by atoms with Crippen LogP contribution in [-0.4, -0.2) is 9.36 Å². The van der Waals surface area contributed by atoms with Crippen molar-refractivity contribution < 1.29 is 0 Å². The van der Waals surface area contributed by atoms with E-state index in [2.05, 4.69) is 51.9 Å². The van der Waals surface area contributed by atoms with Gasteiger partial charge in [-0.3, -0.25) is 0 Å². The summed E-state index contributed by atoms with van der Waals surface area (Å²) in [4.78, 5) is 4.50. The molecule has 0 saturated heterocycles. The molecule has 3 rings (SSSR count). The van der Waals surface area contributed by atoms with E-state index >= 15 is 0 Å². The molecule has 1 aliphatic carbocycles. The van der Waals surface area contributed by atoms with Crippen LogP contribution in [0.1, 0.15) is 37.2 Å². The number of rotatable bonds is 5. The van der Waals surface area contributed by atoms with Crippen LogP contribution in [0.15, 0.2) is 30.3 Å². The summed E-state index contributed by atoms with van der Waals surface area (Å²) in [5, 5.41) is 4.51. The van der Waals surface area contributed by atoms with Crippen molar-refractivity contribution in [3.63, 3.8) is 0 Å². The van der Waals surface area contributed by atoms with E-state index in [9.17, 15) is 0 Å². The maximum atomic E-state index is 4.50. The van der Waals surface area contributed by atoms with Gasteiger partial charge in [0.2, 0.25) is 5.13 Å². The van der Waals surface area contributed by atoms with Gasteiger partial charge >= 0.3 is 0 Å². The fourth-order valence-electron chi connectivity index (χ4n) is 2.15. The van der Waals surface area contributed by atoms with Crippen LogP contribution in [0.3, 0.4) is 0 Å². The Bertz CT molecular complexity index is 505. The molecule has 1 saturated carbocycles. The molecule has 0 bridgehead atoms. The molecule has 1 heterocycles. The zero-order valence-electron chi connectivity index (χ0n) is 10.5. The number of hydrogen-bond acceptors (Lipinski definition) is 4. The lowest BCUT2D eigenvalue weighted by Crippen LogP contribution is -2.12. The number of aryl methyl sites for hydroxylation is 1. The monoisotopic (exact) mass is 259 g/mol. The lowest BCUT2D eigenvalue weighted by molar-refractivity contribution is 0.677. The summed E-state index contributed by atoms with van der Waals surface area (Å²) in [7, 11) is 0. The van der Waals surface area contributed by atoms with Gasteiger partial charge in [0.15, 0.2) is 0 Å². The van der Waals surface area contributed by atoms with Crippen LogP contribution in [0.2, 0.25) is 0 Å². The summed E-state index contributed by atoms with van der Waals surface area (Å²) < 4.78 is 4.33. The molecule has 1 aromatic carbocycles. The molecule has 1 aromatic heterocycles. The highest BCUT2D eigenvalue weighted by Gasteiger charge is 2.32. The molecule has 0 radical (unpaired) electrons. The predicted octanol–water partition coefficient (Wildman–Crippen LogP) is 3.66. The van der Waals surface area contributed by atoms with Crippen LogP contribution in [-0.2, 0) is 6.42 Å². The molecular weight excluding hydrogens is 242 g/mol. The summed E-state index contributed by atoms with van der Waals surface area (Å²) >= 11 is 1.47. The van der Waals surface area contributed by atoms with Crippen molar-refractivity contribution in [1.82, 2.24) is 9.36 Å².